The molecule has 0 aliphatic heterocycles. The molecule has 2 rings (SSSR count). The summed E-state index contributed by atoms with van der Waals surface area (Å²) in [5, 5.41) is 9.09. The number of thioether (sulfide) groups is 1. The Morgan fingerprint density at radius 3 is 2.41 bits per heavy atom. The Morgan fingerprint density at radius 1 is 1.18 bits per heavy atom. The maximum absolute atomic E-state index is 11.4. The molecule has 0 saturated heterocycles. The van der Waals surface area contributed by atoms with Crippen LogP contribution in [0.4, 0.5) is 0 Å². The number of aliphatic carboxylic acids is 1. The number of carbonyl (C=O) groups is 1. The van der Waals surface area contributed by atoms with E-state index in [1.165, 1.54) is 31.0 Å². The number of carboxylic acids is 1. The zero-order valence-electron chi connectivity index (χ0n) is 9.84. The maximum Gasteiger partial charge on any atom is 0.317 e. The molecular formula is C14H18O2S. The second-order valence-electron chi connectivity index (χ2n) is 4.59. The van der Waals surface area contributed by atoms with Crippen molar-refractivity contribution in [3.05, 3.63) is 30.3 Å². The fourth-order valence-electron chi connectivity index (χ4n) is 2.43. The van der Waals surface area contributed by atoms with E-state index in [9.17, 15) is 9.90 Å². The Balaban J connectivity index is 2.04. The molecule has 17 heavy (non-hydrogen) atoms. The van der Waals surface area contributed by atoms with Crippen molar-refractivity contribution in [1.29, 1.82) is 0 Å². The molecule has 1 saturated carbocycles. The van der Waals surface area contributed by atoms with Crippen molar-refractivity contribution in [2.24, 2.45) is 5.92 Å². The fourth-order valence-corrected chi connectivity index (χ4v) is 3.60. The molecule has 0 heterocycles. The Labute approximate surface area is 106 Å². The van der Waals surface area contributed by atoms with Crippen LogP contribution in [0.2, 0.25) is 0 Å². The first-order chi connectivity index (χ1) is 8.27. The van der Waals surface area contributed by atoms with Crippen molar-refractivity contribution in [3.8, 4) is 0 Å². The van der Waals surface area contributed by atoms with Gasteiger partial charge in [-0.25, -0.2) is 0 Å². The van der Waals surface area contributed by atoms with Gasteiger partial charge < -0.3 is 5.11 Å². The third-order valence-electron chi connectivity index (χ3n) is 3.33. The zero-order valence-corrected chi connectivity index (χ0v) is 10.7. The van der Waals surface area contributed by atoms with Crippen LogP contribution in [0.15, 0.2) is 35.2 Å². The van der Waals surface area contributed by atoms with Crippen molar-refractivity contribution >= 4 is 17.7 Å². The van der Waals surface area contributed by atoms with Crippen LogP contribution in [0.25, 0.3) is 0 Å². The van der Waals surface area contributed by atoms with Crippen LogP contribution in [0, 0.1) is 5.92 Å². The average molecular weight is 250 g/mol. The van der Waals surface area contributed by atoms with E-state index in [1.54, 1.807) is 0 Å². The van der Waals surface area contributed by atoms with Crippen molar-refractivity contribution in [3.63, 3.8) is 0 Å². The molecule has 3 heteroatoms. The predicted molar refractivity (Wildman–Crippen MR) is 70.3 cm³/mol. The Morgan fingerprint density at radius 2 is 1.82 bits per heavy atom. The second kappa shape index (κ2) is 6.10. The lowest BCUT2D eigenvalue weighted by molar-refractivity contribution is -0.137. The Hall–Kier alpha value is -0.960. The summed E-state index contributed by atoms with van der Waals surface area (Å²) in [6.07, 6.45) is 5.76. The van der Waals surface area contributed by atoms with Gasteiger partial charge in [-0.05, 0) is 30.9 Å². The van der Waals surface area contributed by atoms with E-state index in [-0.39, 0.29) is 5.25 Å². The highest BCUT2D eigenvalue weighted by molar-refractivity contribution is 8.00. The predicted octanol–water partition coefficient (Wildman–Crippen LogP) is 3.81. The van der Waals surface area contributed by atoms with Gasteiger partial charge in [-0.3, -0.25) is 4.79 Å². The Bertz CT molecular complexity index is 358. The second-order valence-corrected chi connectivity index (χ2v) is 5.80. The smallest absolute Gasteiger partial charge is 0.317 e. The lowest BCUT2D eigenvalue weighted by Crippen LogP contribution is -2.28. The van der Waals surface area contributed by atoms with Crippen LogP contribution < -0.4 is 0 Å². The molecular weight excluding hydrogens is 232 g/mol. The molecule has 1 aliphatic carbocycles. The normalized spacial score (nSPS) is 18.8. The molecule has 0 amide bonds. The van der Waals surface area contributed by atoms with Crippen molar-refractivity contribution < 1.29 is 9.90 Å². The zero-order chi connectivity index (χ0) is 12.1. The molecule has 1 unspecified atom stereocenters. The number of benzene rings is 1. The summed E-state index contributed by atoms with van der Waals surface area (Å²) in [7, 11) is 0. The number of hydrogen-bond acceptors (Lipinski definition) is 2. The van der Waals surface area contributed by atoms with Gasteiger partial charge in [0, 0.05) is 4.90 Å². The van der Waals surface area contributed by atoms with Gasteiger partial charge in [0.2, 0.25) is 0 Å². The minimum Gasteiger partial charge on any atom is -0.480 e. The van der Waals surface area contributed by atoms with Crippen LogP contribution in [0.5, 0.6) is 0 Å². The molecule has 1 aromatic carbocycles. The largest absolute Gasteiger partial charge is 0.480 e. The van der Waals surface area contributed by atoms with Gasteiger partial charge in [-0.1, -0.05) is 37.5 Å². The molecule has 0 aromatic heterocycles. The minimum atomic E-state index is -0.661. The molecule has 1 aliphatic rings. The molecule has 1 atom stereocenters. The summed E-state index contributed by atoms with van der Waals surface area (Å²) in [4.78, 5) is 12.4. The molecule has 0 bridgehead atoms. The van der Waals surface area contributed by atoms with Gasteiger partial charge in [0.05, 0.1) is 0 Å². The highest BCUT2D eigenvalue weighted by Crippen LogP contribution is 2.36. The van der Waals surface area contributed by atoms with Crippen molar-refractivity contribution in [2.45, 2.75) is 42.2 Å². The monoisotopic (exact) mass is 250 g/mol. The average Bonchev–Trinajstić information content (AvgIpc) is 2.38. The van der Waals surface area contributed by atoms with Crippen LogP contribution in [-0.4, -0.2) is 16.3 Å². The van der Waals surface area contributed by atoms with E-state index in [0.717, 1.165) is 17.7 Å². The Kier molecular flexibility index (Phi) is 4.49. The first kappa shape index (κ1) is 12.5. The van der Waals surface area contributed by atoms with E-state index in [0.29, 0.717) is 5.92 Å². The SMILES string of the molecule is O=C(O)C(Sc1ccccc1)C1CCCCC1. The van der Waals surface area contributed by atoms with E-state index in [4.69, 9.17) is 0 Å². The third kappa shape index (κ3) is 3.50. The summed E-state index contributed by atoms with van der Waals surface area (Å²) in [5.74, 6) is -0.322. The lowest BCUT2D eigenvalue weighted by atomic mass is 9.87. The van der Waals surface area contributed by atoms with Gasteiger partial charge in [-0.15, -0.1) is 11.8 Å². The van der Waals surface area contributed by atoms with Crippen molar-refractivity contribution in [2.75, 3.05) is 0 Å². The van der Waals surface area contributed by atoms with E-state index in [1.807, 2.05) is 30.3 Å². The highest BCUT2D eigenvalue weighted by atomic mass is 32.2. The standard InChI is InChI=1S/C14H18O2S/c15-14(16)13(11-7-3-1-4-8-11)17-12-9-5-2-6-10-12/h2,5-6,9-11,13H,1,3-4,7-8H2,(H,15,16). The summed E-state index contributed by atoms with van der Waals surface area (Å²) in [6.45, 7) is 0. The summed E-state index contributed by atoms with van der Waals surface area (Å²) in [5.41, 5.74) is 0. The van der Waals surface area contributed by atoms with Crippen LogP contribution >= 0.6 is 11.8 Å². The minimum absolute atomic E-state index is 0.280. The fraction of sp³-hybridized carbons (Fsp3) is 0.500. The maximum atomic E-state index is 11.4. The highest BCUT2D eigenvalue weighted by Gasteiger charge is 2.30. The summed E-state index contributed by atoms with van der Waals surface area (Å²) in [6, 6.07) is 9.86. The number of hydrogen-bond donors (Lipinski definition) is 1. The van der Waals surface area contributed by atoms with Gasteiger partial charge in [0.1, 0.15) is 5.25 Å². The van der Waals surface area contributed by atoms with Crippen LogP contribution in [0.3, 0.4) is 0 Å². The van der Waals surface area contributed by atoms with Crippen LogP contribution in [-0.2, 0) is 4.79 Å². The molecule has 0 spiro atoms. The third-order valence-corrected chi connectivity index (χ3v) is 4.71. The molecule has 1 N–H and O–H groups in total. The van der Waals surface area contributed by atoms with Crippen molar-refractivity contribution in [1.82, 2.24) is 0 Å². The first-order valence-corrected chi connectivity index (χ1v) is 7.10. The van der Waals surface area contributed by atoms with Crippen LogP contribution in [0.1, 0.15) is 32.1 Å². The van der Waals surface area contributed by atoms with E-state index >= 15 is 0 Å². The number of carboxylic acid groups (broad SMARTS) is 1. The summed E-state index contributed by atoms with van der Waals surface area (Å²) >= 11 is 1.50. The van der Waals surface area contributed by atoms with Gasteiger partial charge in [0.15, 0.2) is 0 Å². The quantitative estimate of drug-likeness (QED) is 0.826. The molecule has 0 radical (unpaired) electrons. The molecule has 92 valence electrons. The van der Waals surface area contributed by atoms with E-state index in [2.05, 4.69) is 0 Å². The van der Waals surface area contributed by atoms with E-state index < -0.39 is 5.97 Å². The topological polar surface area (TPSA) is 37.3 Å². The lowest BCUT2D eigenvalue weighted by Gasteiger charge is -2.26. The first-order valence-electron chi connectivity index (χ1n) is 6.22. The molecule has 2 nitrogen and oxygen atoms in total. The molecule has 1 aromatic rings. The van der Waals surface area contributed by atoms with Gasteiger partial charge >= 0.3 is 5.97 Å². The van der Waals surface area contributed by atoms with Gasteiger partial charge in [0.25, 0.3) is 0 Å². The summed E-state index contributed by atoms with van der Waals surface area (Å²) < 4.78 is 0. The molecule has 1 fully saturated rings. The number of rotatable bonds is 4. The van der Waals surface area contributed by atoms with Gasteiger partial charge in [-0.2, -0.15) is 0 Å².